The van der Waals surface area contributed by atoms with Crippen molar-refractivity contribution in [2.75, 3.05) is 0 Å². The molecular formula is C64H37N3O2. The molecule has 13 aromatic rings. The molecule has 0 saturated carbocycles. The highest BCUT2D eigenvalue weighted by Gasteiger charge is 2.52. The van der Waals surface area contributed by atoms with E-state index in [0.717, 1.165) is 77.3 Å². The average molecular weight is 880 g/mol. The zero-order chi connectivity index (χ0) is 45.2. The van der Waals surface area contributed by atoms with E-state index in [2.05, 4.69) is 176 Å². The second kappa shape index (κ2) is 14.4. The van der Waals surface area contributed by atoms with Gasteiger partial charge in [-0.25, -0.2) is 15.0 Å². The molecule has 0 saturated heterocycles. The minimum absolute atomic E-state index is 0.493. The summed E-state index contributed by atoms with van der Waals surface area (Å²) in [5.41, 5.74) is 20.1. The number of furan rings is 2. The minimum atomic E-state index is -0.493. The largest absolute Gasteiger partial charge is 0.456 e. The summed E-state index contributed by atoms with van der Waals surface area (Å²) in [6.45, 7) is 0. The maximum Gasteiger partial charge on any atom is 0.164 e. The fourth-order valence-electron chi connectivity index (χ4n) is 11.8. The predicted molar refractivity (Wildman–Crippen MR) is 278 cm³/mol. The van der Waals surface area contributed by atoms with Gasteiger partial charge in [0, 0.05) is 38.2 Å². The molecule has 0 amide bonds. The molecule has 0 bridgehead atoms. The van der Waals surface area contributed by atoms with Crippen LogP contribution in [0, 0.1) is 0 Å². The third kappa shape index (κ3) is 5.38. The van der Waals surface area contributed by atoms with Gasteiger partial charge in [0.1, 0.15) is 22.3 Å². The highest BCUT2D eigenvalue weighted by molar-refractivity contribution is 6.14. The number of rotatable bonds is 5. The van der Waals surface area contributed by atoms with Gasteiger partial charge in [0.05, 0.1) is 5.41 Å². The van der Waals surface area contributed by atoms with E-state index in [1.807, 2.05) is 48.5 Å². The second-order valence-electron chi connectivity index (χ2n) is 18.1. The fourth-order valence-corrected chi connectivity index (χ4v) is 11.8. The van der Waals surface area contributed by atoms with E-state index >= 15 is 0 Å². The van der Waals surface area contributed by atoms with Crippen molar-refractivity contribution in [2.45, 2.75) is 5.41 Å². The van der Waals surface area contributed by atoms with Crippen LogP contribution in [0.25, 0.3) is 123 Å². The van der Waals surface area contributed by atoms with Crippen molar-refractivity contribution in [1.82, 2.24) is 15.0 Å². The van der Waals surface area contributed by atoms with E-state index in [0.29, 0.717) is 17.5 Å². The first-order valence-electron chi connectivity index (χ1n) is 23.4. The van der Waals surface area contributed by atoms with Gasteiger partial charge in [0.15, 0.2) is 17.5 Å². The monoisotopic (exact) mass is 879 g/mol. The number of nitrogens with zero attached hydrogens (tertiary/aromatic N) is 3. The summed E-state index contributed by atoms with van der Waals surface area (Å²) in [5, 5.41) is 3.92. The lowest BCUT2D eigenvalue weighted by Crippen LogP contribution is -2.26. The van der Waals surface area contributed by atoms with Crippen LogP contribution in [0.3, 0.4) is 0 Å². The third-order valence-electron chi connectivity index (χ3n) is 14.6. The second-order valence-corrected chi connectivity index (χ2v) is 18.1. The summed E-state index contributed by atoms with van der Waals surface area (Å²) in [6.07, 6.45) is 0. The summed E-state index contributed by atoms with van der Waals surface area (Å²) in [5.74, 6) is 1.69. The summed E-state index contributed by atoms with van der Waals surface area (Å²) in [7, 11) is 0. The summed E-state index contributed by atoms with van der Waals surface area (Å²) in [6, 6.07) is 79.7. The molecule has 0 fully saturated rings. The molecule has 15 rings (SSSR count). The third-order valence-corrected chi connectivity index (χ3v) is 14.6. The molecule has 5 heteroatoms. The molecule has 3 heterocycles. The molecule has 0 unspecified atom stereocenters. The highest BCUT2D eigenvalue weighted by Crippen LogP contribution is 2.64. The molecule has 0 atom stereocenters. The molecule has 10 aromatic carbocycles. The molecule has 2 aliphatic rings. The normalized spacial score (nSPS) is 13.0. The highest BCUT2D eigenvalue weighted by atomic mass is 16.3. The van der Waals surface area contributed by atoms with Crippen LogP contribution < -0.4 is 0 Å². The summed E-state index contributed by atoms with van der Waals surface area (Å²) in [4.78, 5) is 16.0. The Bertz CT molecular complexity index is 4210. The minimum Gasteiger partial charge on any atom is -0.456 e. The first-order valence-corrected chi connectivity index (χ1v) is 23.4. The number of para-hydroxylation sites is 1. The van der Waals surface area contributed by atoms with Gasteiger partial charge in [0.25, 0.3) is 0 Å². The molecule has 69 heavy (non-hydrogen) atoms. The van der Waals surface area contributed by atoms with Crippen LogP contribution in [0.15, 0.2) is 233 Å². The Morgan fingerprint density at radius 1 is 0.275 bits per heavy atom. The van der Waals surface area contributed by atoms with Crippen molar-refractivity contribution >= 4 is 43.9 Å². The fraction of sp³-hybridized carbons (Fsp3) is 0.0156. The van der Waals surface area contributed by atoms with Crippen LogP contribution in [0.1, 0.15) is 22.3 Å². The van der Waals surface area contributed by atoms with Crippen molar-refractivity contribution in [3.8, 4) is 78.7 Å². The topological polar surface area (TPSA) is 65.0 Å². The molecule has 2 aliphatic carbocycles. The van der Waals surface area contributed by atoms with Crippen LogP contribution in [0.5, 0.6) is 0 Å². The standard InChI is InChI=1S/C64H37N3O2/c1-2-16-38(17-3-1)39-18-12-19-41(36-39)61-65-62(48-26-14-32-56-58(48)47-23-7-11-31-54(47)68-56)67-63(66-61)49-27-15-33-57-59(49)50-37-40(34-35-55(50)69-57)42-24-13-25-46-45-22-6-10-30-53(45)64(60(42)46)51-28-8-4-20-43(51)44-21-5-9-29-52(44)64/h1-37H. The van der Waals surface area contributed by atoms with E-state index in [1.165, 1.54) is 50.1 Å². The molecule has 5 nitrogen and oxygen atoms in total. The summed E-state index contributed by atoms with van der Waals surface area (Å²) >= 11 is 0. The summed E-state index contributed by atoms with van der Waals surface area (Å²) < 4.78 is 13.1. The van der Waals surface area contributed by atoms with E-state index in [4.69, 9.17) is 23.8 Å². The van der Waals surface area contributed by atoms with Crippen LogP contribution >= 0.6 is 0 Å². The van der Waals surface area contributed by atoms with Gasteiger partial charge in [0.2, 0.25) is 0 Å². The van der Waals surface area contributed by atoms with Crippen molar-refractivity contribution in [3.63, 3.8) is 0 Å². The number of hydrogen-bond donors (Lipinski definition) is 0. The van der Waals surface area contributed by atoms with Crippen molar-refractivity contribution < 1.29 is 8.83 Å². The molecule has 3 aromatic heterocycles. The molecule has 1 spiro atoms. The number of fused-ring (bicyclic) bond motifs is 16. The van der Waals surface area contributed by atoms with Gasteiger partial charge in [-0.3, -0.25) is 0 Å². The lowest BCUT2D eigenvalue weighted by atomic mass is 9.68. The van der Waals surface area contributed by atoms with E-state index in [1.54, 1.807) is 0 Å². The van der Waals surface area contributed by atoms with Crippen molar-refractivity contribution in [3.05, 3.63) is 247 Å². The Hall–Kier alpha value is -9.19. The van der Waals surface area contributed by atoms with Crippen molar-refractivity contribution in [2.24, 2.45) is 0 Å². The molecule has 0 radical (unpaired) electrons. The van der Waals surface area contributed by atoms with E-state index in [-0.39, 0.29) is 0 Å². The Morgan fingerprint density at radius 3 is 1.43 bits per heavy atom. The quantitative estimate of drug-likeness (QED) is 0.172. The van der Waals surface area contributed by atoms with Gasteiger partial charge < -0.3 is 8.83 Å². The molecule has 0 N–H and O–H groups in total. The van der Waals surface area contributed by atoms with Gasteiger partial charge >= 0.3 is 0 Å². The number of benzene rings is 10. The Morgan fingerprint density at radius 2 is 0.739 bits per heavy atom. The van der Waals surface area contributed by atoms with Crippen LogP contribution in [0.4, 0.5) is 0 Å². The maximum absolute atomic E-state index is 6.74. The lowest BCUT2D eigenvalue weighted by Gasteiger charge is -2.32. The van der Waals surface area contributed by atoms with Gasteiger partial charge in [-0.05, 0) is 103 Å². The number of hydrogen-bond acceptors (Lipinski definition) is 5. The van der Waals surface area contributed by atoms with Crippen molar-refractivity contribution in [1.29, 1.82) is 0 Å². The first-order chi connectivity index (χ1) is 34.2. The Balaban J connectivity index is 0.967. The first kappa shape index (κ1) is 38.0. The smallest absolute Gasteiger partial charge is 0.164 e. The van der Waals surface area contributed by atoms with E-state index < -0.39 is 5.41 Å². The van der Waals surface area contributed by atoms with Crippen LogP contribution in [-0.4, -0.2) is 15.0 Å². The Labute approximate surface area is 396 Å². The number of aromatic nitrogens is 3. The van der Waals surface area contributed by atoms with Gasteiger partial charge in [-0.2, -0.15) is 0 Å². The Kier molecular flexibility index (Phi) is 7.93. The zero-order valence-electron chi connectivity index (χ0n) is 37.0. The van der Waals surface area contributed by atoms with E-state index in [9.17, 15) is 0 Å². The molecular weight excluding hydrogens is 843 g/mol. The predicted octanol–water partition coefficient (Wildman–Crippen LogP) is 16.3. The van der Waals surface area contributed by atoms with Crippen LogP contribution in [0.2, 0.25) is 0 Å². The van der Waals surface area contributed by atoms with Gasteiger partial charge in [-0.15, -0.1) is 0 Å². The average Bonchev–Trinajstić information content (AvgIpc) is 4.16. The SMILES string of the molecule is c1ccc(-c2cccc(-c3nc(-c4cccc5oc6ccccc6c45)nc(-c4cccc5oc6ccc(-c7cccc8c7C7(c9ccccc9-c9ccccc97)c7ccccc7-8)cc6c45)n3)c2)cc1. The lowest BCUT2D eigenvalue weighted by molar-refractivity contribution is 0.668. The van der Waals surface area contributed by atoms with Crippen LogP contribution in [-0.2, 0) is 5.41 Å². The molecule has 320 valence electrons. The zero-order valence-corrected chi connectivity index (χ0v) is 37.0. The maximum atomic E-state index is 6.74. The van der Waals surface area contributed by atoms with Gasteiger partial charge in [-0.1, -0.05) is 188 Å². The molecule has 0 aliphatic heterocycles.